The van der Waals surface area contributed by atoms with Gasteiger partial charge in [0, 0.05) is 37.1 Å². The van der Waals surface area contributed by atoms with Crippen molar-refractivity contribution in [3.05, 3.63) is 30.1 Å². The van der Waals surface area contributed by atoms with Crippen LogP contribution >= 0.6 is 0 Å². The zero-order valence-corrected chi connectivity index (χ0v) is 13.5. The normalized spacial score (nSPS) is 25.0. The Hall–Kier alpha value is -1.91. The third-order valence-corrected chi connectivity index (χ3v) is 5.01. The number of aromatic nitrogens is 1. The molecule has 0 aromatic carbocycles. The van der Waals surface area contributed by atoms with Gasteiger partial charge in [-0.3, -0.25) is 14.6 Å². The summed E-state index contributed by atoms with van der Waals surface area (Å²) in [6, 6.07) is 3.37. The molecule has 1 aliphatic heterocycles. The zero-order valence-electron chi connectivity index (χ0n) is 13.5. The first-order chi connectivity index (χ1) is 11.3. The first-order valence-corrected chi connectivity index (χ1v) is 8.75. The van der Waals surface area contributed by atoms with Crippen molar-refractivity contribution in [2.75, 3.05) is 13.1 Å². The van der Waals surface area contributed by atoms with E-state index in [2.05, 4.69) is 10.3 Å². The summed E-state index contributed by atoms with van der Waals surface area (Å²) in [5, 5.41) is 3.07. The molecule has 5 heteroatoms. The largest absolute Gasteiger partial charge is 0.349 e. The standard InChI is InChI=1S/C18H25N3O2/c22-17(14-8-10-19-11-9-14)20-16-7-5-6-15(16)18(23)21-12-3-1-2-4-13-21/h8-11,15-16H,1-7,12-13H2,(H,20,22)/t15-,16+/m0/s1. The Balaban J connectivity index is 1.63. The van der Waals surface area contributed by atoms with E-state index in [0.717, 1.165) is 45.2 Å². The second-order valence-electron chi connectivity index (χ2n) is 6.59. The molecule has 1 N–H and O–H groups in total. The fraction of sp³-hybridized carbons (Fsp3) is 0.611. The lowest BCUT2D eigenvalue weighted by Crippen LogP contribution is -2.45. The molecule has 0 unspecified atom stereocenters. The molecule has 2 fully saturated rings. The molecule has 5 nitrogen and oxygen atoms in total. The number of nitrogens with one attached hydrogen (secondary N) is 1. The minimum Gasteiger partial charge on any atom is -0.349 e. The van der Waals surface area contributed by atoms with Crippen LogP contribution in [0.5, 0.6) is 0 Å². The van der Waals surface area contributed by atoms with Gasteiger partial charge in [0.15, 0.2) is 0 Å². The SMILES string of the molecule is O=C(N[C@@H]1CCC[C@@H]1C(=O)N1CCCCCC1)c1ccncc1. The lowest BCUT2D eigenvalue weighted by atomic mass is 10.0. The molecule has 23 heavy (non-hydrogen) atoms. The van der Waals surface area contributed by atoms with Gasteiger partial charge in [-0.05, 0) is 37.8 Å². The molecule has 0 bridgehead atoms. The number of rotatable bonds is 3. The van der Waals surface area contributed by atoms with E-state index in [0.29, 0.717) is 5.56 Å². The topological polar surface area (TPSA) is 62.3 Å². The first-order valence-electron chi connectivity index (χ1n) is 8.75. The van der Waals surface area contributed by atoms with Gasteiger partial charge in [0.25, 0.3) is 5.91 Å². The van der Waals surface area contributed by atoms with Gasteiger partial charge >= 0.3 is 0 Å². The summed E-state index contributed by atoms with van der Waals surface area (Å²) in [4.78, 5) is 31.1. The summed E-state index contributed by atoms with van der Waals surface area (Å²) in [6.45, 7) is 1.75. The van der Waals surface area contributed by atoms with Gasteiger partial charge in [-0.25, -0.2) is 0 Å². The van der Waals surface area contributed by atoms with Gasteiger partial charge in [0.1, 0.15) is 0 Å². The van der Waals surface area contributed by atoms with Crippen LogP contribution in [0, 0.1) is 5.92 Å². The third kappa shape index (κ3) is 3.89. The average Bonchev–Trinajstić information content (AvgIpc) is 2.87. The lowest BCUT2D eigenvalue weighted by Gasteiger charge is -2.27. The van der Waals surface area contributed by atoms with Crippen molar-refractivity contribution in [2.45, 2.75) is 51.0 Å². The fourth-order valence-electron chi connectivity index (χ4n) is 3.71. The summed E-state index contributed by atoms with van der Waals surface area (Å²) in [7, 11) is 0. The van der Waals surface area contributed by atoms with Crippen molar-refractivity contribution in [3.63, 3.8) is 0 Å². The highest BCUT2D eigenvalue weighted by atomic mass is 16.2. The molecular formula is C18H25N3O2. The molecule has 2 atom stereocenters. The van der Waals surface area contributed by atoms with Crippen LogP contribution in [-0.4, -0.2) is 40.8 Å². The average molecular weight is 315 g/mol. The molecular weight excluding hydrogens is 290 g/mol. The van der Waals surface area contributed by atoms with E-state index in [1.54, 1.807) is 24.5 Å². The van der Waals surface area contributed by atoms with Crippen LogP contribution in [0.3, 0.4) is 0 Å². The minimum absolute atomic E-state index is 0.0357. The van der Waals surface area contributed by atoms with Gasteiger partial charge in [0.05, 0.1) is 5.92 Å². The molecule has 0 radical (unpaired) electrons. The van der Waals surface area contributed by atoms with Gasteiger partial charge < -0.3 is 10.2 Å². The van der Waals surface area contributed by atoms with Crippen LogP contribution in [0.2, 0.25) is 0 Å². The molecule has 1 saturated carbocycles. The Labute approximate surface area is 137 Å². The number of amides is 2. The number of likely N-dealkylation sites (tertiary alicyclic amines) is 1. The fourth-order valence-corrected chi connectivity index (χ4v) is 3.71. The molecule has 2 amide bonds. The van der Waals surface area contributed by atoms with Crippen LogP contribution in [0.4, 0.5) is 0 Å². The molecule has 1 aromatic rings. The Morgan fingerprint density at radius 2 is 1.70 bits per heavy atom. The van der Waals surface area contributed by atoms with E-state index in [4.69, 9.17) is 0 Å². The second-order valence-corrected chi connectivity index (χ2v) is 6.59. The molecule has 1 saturated heterocycles. The van der Waals surface area contributed by atoms with Gasteiger partial charge in [-0.1, -0.05) is 19.3 Å². The lowest BCUT2D eigenvalue weighted by molar-refractivity contribution is -0.135. The number of pyridine rings is 1. The summed E-state index contributed by atoms with van der Waals surface area (Å²) >= 11 is 0. The van der Waals surface area contributed by atoms with Crippen molar-refractivity contribution in [1.82, 2.24) is 15.2 Å². The summed E-state index contributed by atoms with van der Waals surface area (Å²) in [5.41, 5.74) is 0.605. The molecule has 2 aliphatic rings. The maximum atomic E-state index is 12.8. The van der Waals surface area contributed by atoms with E-state index in [-0.39, 0.29) is 23.8 Å². The number of hydrogen-bond donors (Lipinski definition) is 1. The Morgan fingerprint density at radius 1 is 1.00 bits per heavy atom. The summed E-state index contributed by atoms with van der Waals surface area (Å²) in [5.74, 6) is 0.0799. The monoisotopic (exact) mass is 315 g/mol. The minimum atomic E-state index is -0.104. The maximum absolute atomic E-state index is 12.8. The number of carbonyl (C=O) groups is 2. The molecule has 0 spiro atoms. The predicted octanol–water partition coefficient (Wildman–Crippen LogP) is 2.38. The van der Waals surface area contributed by atoms with E-state index in [1.165, 1.54) is 12.8 Å². The molecule has 3 rings (SSSR count). The second kappa shape index (κ2) is 7.57. The van der Waals surface area contributed by atoms with E-state index in [9.17, 15) is 9.59 Å². The highest BCUT2D eigenvalue weighted by molar-refractivity contribution is 5.94. The first kappa shape index (κ1) is 16.0. The quantitative estimate of drug-likeness (QED) is 0.931. The zero-order chi connectivity index (χ0) is 16.1. The highest BCUT2D eigenvalue weighted by Gasteiger charge is 2.36. The summed E-state index contributed by atoms with van der Waals surface area (Å²) < 4.78 is 0. The smallest absolute Gasteiger partial charge is 0.251 e. The van der Waals surface area contributed by atoms with Crippen molar-refractivity contribution in [3.8, 4) is 0 Å². The Bertz CT molecular complexity index is 538. The van der Waals surface area contributed by atoms with Crippen LogP contribution in [0.15, 0.2) is 24.5 Å². The summed E-state index contributed by atoms with van der Waals surface area (Å²) in [6.07, 6.45) is 10.7. The molecule has 124 valence electrons. The third-order valence-electron chi connectivity index (χ3n) is 5.01. The van der Waals surface area contributed by atoms with Crippen molar-refractivity contribution >= 4 is 11.8 Å². The Kier molecular flexibility index (Phi) is 5.26. The van der Waals surface area contributed by atoms with Crippen LogP contribution in [0.1, 0.15) is 55.3 Å². The van der Waals surface area contributed by atoms with E-state index >= 15 is 0 Å². The number of carbonyl (C=O) groups excluding carboxylic acids is 2. The maximum Gasteiger partial charge on any atom is 0.251 e. The van der Waals surface area contributed by atoms with Crippen molar-refractivity contribution in [2.24, 2.45) is 5.92 Å². The van der Waals surface area contributed by atoms with E-state index < -0.39 is 0 Å². The molecule has 1 aliphatic carbocycles. The van der Waals surface area contributed by atoms with Crippen LogP contribution in [-0.2, 0) is 4.79 Å². The van der Waals surface area contributed by atoms with Crippen LogP contribution in [0.25, 0.3) is 0 Å². The number of hydrogen-bond acceptors (Lipinski definition) is 3. The van der Waals surface area contributed by atoms with Crippen molar-refractivity contribution < 1.29 is 9.59 Å². The Morgan fingerprint density at radius 3 is 2.39 bits per heavy atom. The van der Waals surface area contributed by atoms with E-state index in [1.807, 2.05) is 4.90 Å². The van der Waals surface area contributed by atoms with Crippen molar-refractivity contribution in [1.29, 1.82) is 0 Å². The number of nitrogens with zero attached hydrogens (tertiary/aromatic N) is 2. The van der Waals surface area contributed by atoms with Gasteiger partial charge in [-0.2, -0.15) is 0 Å². The predicted molar refractivity (Wildman–Crippen MR) is 87.9 cm³/mol. The van der Waals surface area contributed by atoms with Gasteiger partial charge in [0.2, 0.25) is 5.91 Å². The van der Waals surface area contributed by atoms with Gasteiger partial charge in [-0.15, -0.1) is 0 Å². The molecule has 1 aromatic heterocycles. The highest BCUT2D eigenvalue weighted by Crippen LogP contribution is 2.28. The van der Waals surface area contributed by atoms with Crippen LogP contribution < -0.4 is 5.32 Å². The molecule has 2 heterocycles.